The Morgan fingerprint density at radius 2 is 1.66 bits per heavy atom. The highest BCUT2D eigenvalue weighted by molar-refractivity contribution is 5.97. The van der Waals surface area contributed by atoms with Crippen molar-refractivity contribution in [1.82, 2.24) is 25.9 Å². The SMILES string of the molecule is COc1c(CN2O[C@@H](CO)[C@@H]([C@H](C)OC(=O)NCc3ccc(O)cc3)[C@H]2C(=O)N[C@H]2C[C@@H](C)C(C)(C)C[C@@H]2C)cccc1-c1cc(C(=O)N[C@@H](Cc2ccccc2)CN(C)C)cc(N(C)C)c1. The van der Waals surface area contributed by atoms with Gasteiger partial charge < -0.3 is 45.4 Å². The number of aliphatic hydroxyl groups excluding tert-OH is 1. The number of alkyl carbamates (subject to hydrolysis) is 1. The van der Waals surface area contributed by atoms with E-state index in [1.54, 1.807) is 31.2 Å². The summed E-state index contributed by atoms with van der Waals surface area (Å²) in [7, 11) is 9.45. The van der Waals surface area contributed by atoms with E-state index in [-0.39, 0.29) is 54.1 Å². The molecule has 2 aliphatic rings. The van der Waals surface area contributed by atoms with Crippen molar-refractivity contribution in [1.29, 1.82) is 0 Å². The number of aliphatic hydroxyl groups is 1. The number of nitrogens with zero attached hydrogens (tertiary/aromatic N) is 3. The van der Waals surface area contributed by atoms with Crippen LogP contribution in [0.15, 0.2) is 91.0 Å². The standard InChI is InChI=1S/C53H72N6O8/c1-33-28-53(4,5)34(2)23-45(33)56-51(63)48-47(35(3)66-52(64)54-29-37-19-21-43(61)22-20-37)46(32-60)67-59(48)30-38-17-14-18-44(49(38)65-10)39-25-40(27-42(26-39)58(8)9)50(62)55-41(31-57(6)7)24-36-15-12-11-13-16-36/h11-22,25-27,33-35,41,45-48,60-61H,23-24,28-32H2,1-10H3,(H,54,64)(H,55,62)(H,56,63)/t33-,34+,35-,41-,45-,46-,47+,48-/m0/s1. The fourth-order valence-corrected chi connectivity index (χ4v) is 9.78. The van der Waals surface area contributed by atoms with Crippen molar-refractivity contribution in [2.75, 3.05) is 53.4 Å². The van der Waals surface area contributed by atoms with Gasteiger partial charge in [-0.15, -0.1) is 0 Å². The summed E-state index contributed by atoms with van der Waals surface area (Å²) in [5.41, 5.74) is 5.53. The smallest absolute Gasteiger partial charge is 0.407 e. The van der Waals surface area contributed by atoms with Crippen molar-refractivity contribution in [2.45, 2.75) is 97.3 Å². The Morgan fingerprint density at radius 3 is 2.31 bits per heavy atom. The number of hydrogen-bond acceptors (Lipinski definition) is 11. The molecule has 5 N–H and O–H groups in total. The fourth-order valence-electron chi connectivity index (χ4n) is 9.78. The molecule has 67 heavy (non-hydrogen) atoms. The van der Waals surface area contributed by atoms with Crippen LogP contribution in [0.25, 0.3) is 11.1 Å². The van der Waals surface area contributed by atoms with Gasteiger partial charge >= 0.3 is 6.09 Å². The molecule has 0 aromatic heterocycles. The largest absolute Gasteiger partial charge is 0.508 e. The van der Waals surface area contributed by atoms with Gasteiger partial charge in [-0.05, 0) is 105 Å². The van der Waals surface area contributed by atoms with Gasteiger partial charge in [0.15, 0.2) is 0 Å². The number of hydrogen-bond donors (Lipinski definition) is 5. The van der Waals surface area contributed by atoms with Gasteiger partial charge in [-0.3, -0.25) is 14.4 Å². The highest BCUT2D eigenvalue weighted by atomic mass is 16.7. The molecule has 4 aromatic rings. The predicted octanol–water partition coefficient (Wildman–Crippen LogP) is 7.02. The molecule has 3 amide bonds. The molecule has 2 fully saturated rings. The lowest BCUT2D eigenvalue weighted by Gasteiger charge is -2.45. The van der Waals surface area contributed by atoms with E-state index in [0.29, 0.717) is 35.8 Å². The van der Waals surface area contributed by atoms with Crippen LogP contribution in [0.1, 0.15) is 74.5 Å². The Balaban J connectivity index is 1.30. The summed E-state index contributed by atoms with van der Waals surface area (Å²) in [6, 6.07) is 26.9. The lowest BCUT2D eigenvalue weighted by atomic mass is 9.64. The lowest BCUT2D eigenvalue weighted by molar-refractivity contribution is -0.182. The molecule has 1 heterocycles. The first-order valence-electron chi connectivity index (χ1n) is 23.4. The van der Waals surface area contributed by atoms with Gasteiger partial charge in [0, 0.05) is 61.6 Å². The molecule has 14 nitrogen and oxygen atoms in total. The maximum Gasteiger partial charge on any atom is 0.407 e. The molecule has 362 valence electrons. The number of phenolic OH excluding ortho intramolecular Hbond substituents is 1. The van der Waals surface area contributed by atoms with Crippen LogP contribution < -0.4 is 25.6 Å². The normalized spacial score (nSPS) is 22.4. The number of rotatable bonds is 18. The first-order valence-corrected chi connectivity index (χ1v) is 23.4. The Kier molecular flexibility index (Phi) is 17.0. The molecule has 0 radical (unpaired) electrons. The van der Waals surface area contributed by atoms with E-state index < -0.39 is 36.9 Å². The first-order chi connectivity index (χ1) is 31.9. The fraction of sp³-hybridized carbons (Fsp3) is 0.491. The topological polar surface area (TPSA) is 165 Å². The number of carbonyl (C=O) groups is 3. The Morgan fingerprint density at radius 1 is 0.940 bits per heavy atom. The van der Waals surface area contributed by atoms with Gasteiger partial charge in [-0.2, -0.15) is 5.06 Å². The van der Waals surface area contributed by atoms with Gasteiger partial charge in [-0.25, -0.2) is 4.79 Å². The number of ether oxygens (including phenoxy) is 2. The van der Waals surface area contributed by atoms with Crippen LogP contribution >= 0.6 is 0 Å². The number of hydroxylamine groups is 2. The summed E-state index contributed by atoms with van der Waals surface area (Å²) in [5, 5.41) is 31.5. The number of likely N-dealkylation sites (N-methyl/N-ethyl adjacent to an activating group) is 1. The van der Waals surface area contributed by atoms with Crippen LogP contribution in [0, 0.1) is 23.2 Å². The summed E-state index contributed by atoms with van der Waals surface area (Å²) < 4.78 is 12.1. The van der Waals surface area contributed by atoms with Gasteiger partial charge in [0.05, 0.1) is 26.2 Å². The number of methoxy groups -OCH3 is 1. The Hall–Kier alpha value is -5.67. The van der Waals surface area contributed by atoms with Crippen LogP contribution in [-0.4, -0.2) is 117 Å². The average molecular weight is 921 g/mol. The van der Waals surface area contributed by atoms with Crippen molar-refractivity contribution in [3.8, 4) is 22.6 Å². The van der Waals surface area contributed by atoms with Crippen molar-refractivity contribution in [3.63, 3.8) is 0 Å². The van der Waals surface area contributed by atoms with E-state index in [2.05, 4.69) is 60.7 Å². The second-order valence-electron chi connectivity index (χ2n) is 19.8. The highest BCUT2D eigenvalue weighted by Crippen LogP contribution is 2.44. The summed E-state index contributed by atoms with van der Waals surface area (Å²) in [5.74, 6) is -0.0200. The monoisotopic (exact) mass is 921 g/mol. The number of amides is 3. The molecule has 0 unspecified atom stereocenters. The second kappa shape index (κ2) is 22.4. The minimum Gasteiger partial charge on any atom is -0.508 e. The zero-order valence-corrected chi connectivity index (χ0v) is 40.9. The maximum absolute atomic E-state index is 14.8. The number of para-hydroxylation sites is 1. The summed E-state index contributed by atoms with van der Waals surface area (Å²) >= 11 is 0. The minimum absolute atomic E-state index is 0.0813. The number of nitrogens with one attached hydrogen (secondary N) is 3. The number of carbonyl (C=O) groups excluding carboxylic acids is 3. The third-order valence-electron chi connectivity index (χ3n) is 13.7. The molecule has 1 aliphatic carbocycles. The molecule has 4 aromatic carbocycles. The molecule has 0 spiro atoms. The van der Waals surface area contributed by atoms with E-state index in [0.717, 1.165) is 40.8 Å². The number of anilines is 1. The molecular formula is C53H72N6O8. The molecule has 8 atom stereocenters. The van der Waals surface area contributed by atoms with E-state index in [1.807, 2.05) is 87.7 Å². The Labute approximate surface area is 396 Å². The van der Waals surface area contributed by atoms with Crippen LogP contribution in [0.5, 0.6) is 11.5 Å². The van der Waals surface area contributed by atoms with Crippen LogP contribution in [-0.2, 0) is 33.9 Å². The van der Waals surface area contributed by atoms with Gasteiger partial charge in [0.25, 0.3) is 5.91 Å². The molecule has 14 heteroatoms. The van der Waals surface area contributed by atoms with Gasteiger partial charge in [0.2, 0.25) is 5.91 Å². The Bertz CT molecular complexity index is 2290. The predicted molar refractivity (Wildman–Crippen MR) is 262 cm³/mol. The molecule has 6 rings (SSSR count). The van der Waals surface area contributed by atoms with Crippen LogP contribution in [0.4, 0.5) is 10.5 Å². The molecule has 1 aliphatic heterocycles. The quantitative estimate of drug-likeness (QED) is 0.0697. The third-order valence-corrected chi connectivity index (χ3v) is 13.7. The van der Waals surface area contributed by atoms with E-state index in [9.17, 15) is 24.6 Å². The van der Waals surface area contributed by atoms with Crippen molar-refractivity contribution in [2.24, 2.45) is 23.2 Å². The summed E-state index contributed by atoms with van der Waals surface area (Å²) in [6.07, 6.45) is -0.0253. The lowest BCUT2D eigenvalue weighted by Crippen LogP contribution is -2.55. The second-order valence-corrected chi connectivity index (χ2v) is 19.8. The highest BCUT2D eigenvalue weighted by Gasteiger charge is 2.52. The van der Waals surface area contributed by atoms with Gasteiger partial charge in [-0.1, -0.05) is 88.4 Å². The molecular weight excluding hydrogens is 849 g/mol. The maximum atomic E-state index is 14.8. The average Bonchev–Trinajstić information content (AvgIpc) is 3.66. The summed E-state index contributed by atoms with van der Waals surface area (Å²) in [6.45, 7) is 11.1. The van der Waals surface area contributed by atoms with Crippen molar-refractivity contribution >= 4 is 23.6 Å². The number of phenols is 1. The minimum atomic E-state index is -0.971. The van der Waals surface area contributed by atoms with E-state index >= 15 is 0 Å². The molecule has 1 saturated heterocycles. The van der Waals surface area contributed by atoms with Crippen molar-refractivity contribution in [3.05, 3.63) is 113 Å². The zero-order chi connectivity index (χ0) is 48.6. The first kappa shape index (κ1) is 50.7. The summed E-state index contributed by atoms with van der Waals surface area (Å²) in [4.78, 5) is 52.8. The van der Waals surface area contributed by atoms with E-state index in [1.165, 1.54) is 12.1 Å². The third kappa shape index (κ3) is 12.9. The zero-order valence-electron chi connectivity index (χ0n) is 40.9. The number of benzene rings is 4. The van der Waals surface area contributed by atoms with Crippen molar-refractivity contribution < 1.29 is 38.9 Å². The molecule has 1 saturated carbocycles. The number of aromatic hydroxyl groups is 1. The molecule has 0 bridgehead atoms. The van der Waals surface area contributed by atoms with E-state index in [4.69, 9.17) is 14.3 Å². The van der Waals surface area contributed by atoms with Crippen LogP contribution in [0.2, 0.25) is 0 Å². The van der Waals surface area contributed by atoms with Crippen LogP contribution in [0.3, 0.4) is 0 Å². The van der Waals surface area contributed by atoms with Gasteiger partial charge in [0.1, 0.15) is 29.7 Å².